The fourth-order valence-corrected chi connectivity index (χ4v) is 5.03. The first-order valence-corrected chi connectivity index (χ1v) is 11.2. The average Bonchev–Trinajstić information content (AvgIpc) is 2.90. The SMILES string of the molecule is COc1cccc2cc3c(cc12)C(=O)C(=O)C=C3C1=CC(=O)C(=O)c2cc3c(OC)cccc3cc21. The Morgan fingerprint density at radius 2 is 0.944 bits per heavy atom. The Balaban J connectivity index is 1.64. The van der Waals surface area contributed by atoms with Crippen LogP contribution in [0.2, 0.25) is 0 Å². The van der Waals surface area contributed by atoms with Crippen molar-refractivity contribution in [2.24, 2.45) is 0 Å². The minimum Gasteiger partial charge on any atom is -0.496 e. The van der Waals surface area contributed by atoms with Gasteiger partial charge in [-0.05, 0) is 81.6 Å². The maximum atomic E-state index is 12.9. The molecular formula is C30H18O6. The Morgan fingerprint density at radius 1 is 0.528 bits per heavy atom. The molecule has 6 rings (SSSR count). The zero-order valence-electron chi connectivity index (χ0n) is 19.4. The fraction of sp³-hybridized carbons (Fsp3) is 0.0667. The first-order chi connectivity index (χ1) is 17.4. The van der Waals surface area contributed by atoms with Crippen LogP contribution >= 0.6 is 0 Å². The van der Waals surface area contributed by atoms with Crippen molar-refractivity contribution in [3.8, 4) is 11.5 Å². The van der Waals surface area contributed by atoms with E-state index >= 15 is 0 Å². The van der Waals surface area contributed by atoms with Gasteiger partial charge in [0.05, 0.1) is 14.2 Å². The third kappa shape index (κ3) is 3.04. The lowest BCUT2D eigenvalue weighted by Crippen LogP contribution is -2.23. The van der Waals surface area contributed by atoms with Crippen molar-refractivity contribution in [2.45, 2.75) is 0 Å². The summed E-state index contributed by atoms with van der Waals surface area (Å²) in [6.45, 7) is 0. The molecule has 0 atom stereocenters. The predicted molar refractivity (Wildman–Crippen MR) is 136 cm³/mol. The zero-order valence-corrected chi connectivity index (χ0v) is 19.4. The van der Waals surface area contributed by atoms with Gasteiger partial charge in [-0.2, -0.15) is 0 Å². The molecule has 2 aliphatic rings. The monoisotopic (exact) mass is 474 g/mol. The Labute approximate surface area is 205 Å². The van der Waals surface area contributed by atoms with Gasteiger partial charge >= 0.3 is 0 Å². The summed E-state index contributed by atoms with van der Waals surface area (Å²) in [5.41, 5.74) is 2.33. The van der Waals surface area contributed by atoms with Gasteiger partial charge < -0.3 is 9.47 Å². The Kier molecular flexibility index (Phi) is 4.73. The maximum Gasteiger partial charge on any atom is 0.233 e. The number of methoxy groups -OCH3 is 2. The molecule has 0 heterocycles. The van der Waals surface area contributed by atoms with E-state index in [4.69, 9.17) is 9.47 Å². The Morgan fingerprint density at radius 3 is 1.33 bits per heavy atom. The molecule has 0 amide bonds. The minimum atomic E-state index is -0.694. The number of carbonyl (C=O) groups is 4. The maximum absolute atomic E-state index is 12.9. The highest BCUT2D eigenvalue weighted by Gasteiger charge is 2.33. The lowest BCUT2D eigenvalue weighted by Gasteiger charge is -2.24. The number of hydrogen-bond donors (Lipinski definition) is 0. The fourth-order valence-electron chi connectivity index (χ4n) is 5.03. The number of fused-ring (bicyclic) bond motifs is 4. The number of ether oxygens (including phenoxy) is 2. The minimum absolute atomic E-state index is 0.226. The van der Waals surface area contributed by atoms with Crippen LogP contribution in [0, 0.1) is 0 Å². The van der Waals surface area contributed by atoms with Gasteiger partial charge in [0.2, 0.25) is 23.1 Å². The van der Waals surface area contributed by atoms with E-state index in [0.717, 1.165) is 10.8 Å². The first kappa shape index (κ1) is 21.7. The molecule has 0 bridgehead atoms. The van der Waals surface area contributed by atoms with E-state index in [-0.39, 0.29) is 11.1 Å². The van der Waals surface area contributed by atoms with Gasteiger partial charge in [0.25, 0.3) is 0 Å². The van der Waals surface area contributed by atoms with Gasteiger partial charge in [-0.15, -0.1) is 0 Å². The number of hydrogen-bond acceptors (Lipinski definition) is 6. The molecule has 0 fully saturated rings. The third-order valence-corrected chi connectivity index (χ3v) is 6.76. The largest absolute Gasteiger partial charge is 0.496 e. The smallest absolute Gasteiger partial charge is 0.233 e. The second kappa shape index (κ2) is 7.85. The summed E-state index contributed by atoms with van der Waals surface area (Å²) < 4.78 is 10.9. The van der Waals surface area contributed by atoms with Crippen LogP contribution in [-0.4, -0.2) is 37.4 Å². The van der Waals surface area contributed by atoms with Crippen LogP contribution in [-0.2, 0) is 9.59 Å². The number of carbonyl (C=O) groups excluding carboxylic acids is 4. The molecule has 0 saturated heterocycles. The van der Waals surface area contributed by atoms with Crippen LogP contribution in [0.5, 0.6) is 11.5 Å². The van der Waals surface area contributed by atoms with Crippen LogP contribution in [0.25, 0.3) is 32.7 Å². The zero-order chi connectivity index (χ0) is 25.1. The molecule has 0 aromatic heterocycles. The molecule has 6 heteroatoms. The van der Waals surface area contributed by atoms with E-state index in [1.165, 1.54) is 26.4 Å². The molecule has 36 heavy (non-hydrogen) atoms. The van der Waals surface area contributed by atoms with Crippen LogP contribution in [0.15, 0.2) is 72.8 Å². The van der Waals surface area contributed by atoms with Crippen molar-refractivity contribution in [1.29, 1.82) is 0 Å². The van der Waals surface area contributed by atoms with Crippen molar-refractivity contribution in [1.82, 2.24) is 0 Å². The van der Waals surface area contributed by atoms with Crippen molar-refractivity contribution in [2.75, 3.05) is 14.2 Å². The molecule has 174 valence electrons. The van der Waals surface area contributed by atoms with E-state index in [9.17, 15) is 19.2 Å². The van der Waals surface area contributed by atoms with Gasteiger partial charge in [0.1, 0.15) is 11.5 Å². The van der Waals surface area contributed by atoms with Crippen LogP contribution in [0.1, 0.15) is 31.8 Å². The summed E-state index contributed by atoms with van der Waals surface area (Å²) >= 11 is 0. The summed E-state index contributed by atoms with van der Waals surface area (Å²) in [5.74, 6) is -1.50. The molecule has 0 radical (unpaired) electrons. The molecule has 0 unspecified atom stereocenters. The molecular weight excluding hydrogens is 456 g/mol. The quantitative estimate of drug-likeness (QED) is 0.388. The van der Waals surface area contributed by atoms with E-state index in [1.54, 1.807) is 24.3 Å². The summed E-state index contributed by atoms with van der Waals surface area (Å²) in [6.07, 6.45) is 2.51. The molecule has 2 aliphatic carbocycles. The highest BCUT2D eigenvalue weighted by molar-refractivity contribution is 6.55. The van der Waals surface area contributed by atoms with Gasteiger partial charge in [-0.1, -0.05) is 24.3 Å². The Bertz CT molecular complexity index is 1640. The lowest BCUT2D eigenvalue weighted by molar-refractivity contribution is -0.111. The number of rotatable bonds is 3. The van der Waals surface area contributed by atoms with Gasteiger partial charge in [-0.25, -0.2) is 0 Å². The lowest BCUT2D eigenvalue weighted by atomic mass is 9.77. The van der Waals surface area contributed by atoms with Gasteiger partial charge in [0.15, 0.2) is 0 Å². The summed E-state index contributed by atoms with van der Waals surface area (Å²) in [5, 5.41) is 3.01. The summed E-state index contributed by atoms with van der Waals surface area (Å²) in [4.78, 5) is 51.4. The number of allylic oxidation sites excluding steroid dienone is 4. The van der Waals surface area contributed by atoms with Gasteiger partial charge in [0, 0.05) is 21.9 Å². The van der Waals surface area contributed by atoms with Crippen LogP contribution < -0.4 is 9.47 Å². The van der Waals surface area contributed by atoms with Crippen molar-refractivity contribution < 1.29 is 28.7 Å². The van der Waals surface area contributed by atoms with E-state index < -0.39 is 23.1 Å². The summed E-state index contributed by atoms with van der Waals surface area (Å²) in [7, 11) is 3.08. The van der Waals surface area contributed by atoms with Crippen LogP contribution in [0.3, 0.4) is 0 Å². The van der Waals surface area contributed by atoms with Crippen molar-refractivity contribution in [3.63, 3.8) is 0 Å². The Hall–Kier alpha value is -4.84. The molecule has 4 aromatic rings. The number of ketones is 4. The second-order valence-corrected chi connectivity index (χ2v) is 8.66. The molecule has 0 aliphatic heterocycles. The molecule has 6 nitrogen and oxygen atoms in total. The van der Waals surface area contributed by atoms with E-state index in [2.05, 4.69) is 0 Å². The van der Waals surface area contributed by atoms with Crippen molar-refractivity contribution in [3.05, 3.63) is 95.1 Å². The molecule has 0 saturated carbocycles. The standard InChI is InChI=1S/C30H18O6/c1-35-27-7-3-5-15-9-19-21(13-25(31)29(33)23(19)11-17(15)27)22-14-26(32)30(34)24-12-18-16(10-20(22)24)6-4-8-28(18)36-2/h3-14H,1-2H3. The van der Waals surface area contributed by atoms with Crippen molar-refractivity contribution >= 4 is 55.8 Å². The number of benzene rings is 4. The van der Waals surface area contributed by atoms with Crippen LogP contribution in [0.4, 0.5) is 0 Å². The van der Waals surface area contributed by atoms with E-state index in [1.807, 2.05) is 36.4 Å². The van der Waals surface area contributed by atoms with Gasteiger partial charge in [-0.3, -0.25) is 19.2 Å². The third-order valence-electron chi connectivity index (χ3n) is 6.76. The predicted octanol–water partition coefficient (Wildman–Crippen LogP) is 5.01. The normalized spacial score (nSPS) is 14.9. The average molecular weight is 474 g/mol. The highest BCUT2D eigenvalue weighted by Crippen LogP contribution is 2.43. The number of Topliss-reactive ketones (excluding diaryl/α,β-unsaturated/α-hetero) is 2. The highest BCUT2D eigenvalue weighted by atomic mass is 16.5. The molecule has 4 aromatic carbocycles. The first-order valence-electron chi connectivity index (χ1n) is 11.2. The van der Waals surface area contributed by atoms with E-state index in [0.29, 0.717) is 44.5 Å². The molecule has 0 N–H and O–H groups in total. The summed E-state index contributed by atoms with van der Waals surface area (Å²) in [6, 6.07) is 17.9. The second-order valence-electron chi connectivity index (χ2n) is 8.66. The molecule has 0 spiro atoms. The topological polar surface area (TPSA) is 86.7 Å².